The van der Waals surface area contributed by atoms with E-state index in [1.807, 2.05) is 0 Å². The summed E-state index contributed by atoms with van der Waals surface area (Å²) in [6, 6.07) is 0. The number of rotatable bonds is 3. The van der Waals surface area contributed by atoms with E-state index in [-0.39, 0.29) is 5.70 Å². The molecule has 0 amide bonds. The molecule has 0 aromatic carbocycles. The summed E-state index contributed by atoms with van der Waals surface area (Å²) >= 11 is 3.90. The fourth-order valence-electron chi connectivity index (χ4n) is 0.499. The minimum Gasteiger partial charge on any atom is -0.258 e. The van der Waals surface area contributed by atoms with Crippen molar-refractivity contribution in [2.75, 3.05) is 0 Å². The summed E-state index contributed by atoms with van der Waals surface area (Å²) in [5.41, 5.74) is -0.0363. The van der Waals surface area contributed by atoms with Gasteiger partial charge in [-0.25, -0.2) is 0 Å². The quantitative estimate of drug-likeness (QED) is 0.306. The van der Waals surface area contributed by atoms with Crippen molar-refractivity contribution < 1.29 is 4.92 Å². The molecule has 0 fully saturated rings. The van der Waals surface area contributed by atoms with Gasteiger partial charge in [-0.2, -0.15) is 0 Å². The summed E-state index contributed by atoms with van der Waals surface area (Å²) in [6.45, 7) is 5.04. The Bertz CT molecular complexity index is 231. The molecule has 11 heavy (non-hydrogen) atoms. The number of hydrogen-bond acceptors (Lipinski definition) is 3. The van der Waals surface area contributed by atoms with Crippen molar-refractivity contribution in [2.24, 2.45) is 0 Å². The van der Waals surface area contributed by atoms with Gasteiger partial charge >= 0.3 is 0 Å². The van der Waals surface area contributed by atoms with Crippen LogP contribution in [0.2, 0.25) is 0 Å². The molecule has 0 atom stereocenters. The van der Waals surface area contributed by atoms with Gasteiger partial charge in [-0.05, 0) is 6.92 Å². The fourth-order valence-corrected chi connectivity index (χ4v) is 0.655. The van der Waals surface area contributed by atoms with Crippen LogP contribution in [0.3, 0.4) is 0 Å². The van der Waals surface area contributed by atoms with Gasteiger partial charge in [0.2, 0.25) is 0 Å². The van der Waals surface area contributed by atoms with E-state index < -0.39 is 4.92 Å². The van der Waals surface area contributed by atoms with E-state index in [1.165, 1.54) is 12.2 Å². The van der Waals surface area contributed by atoms with Gasteiger partial charge in [0.1, 0.15) is 0 Å². The molecular weight excluding hydrogens is 162 g/mol. The van der Waals surface area contributed by atoms with Gasteiger partial charge in [0.15, 0.2) is 0 Å². The van der Waals surface area contributed by atoms with Crippen molar-refractivity contribution in [3.05, 3.63) is 45.5 Å². The van der Waals surface area contributed by atoms with Gasteiger partial charge in [0, 0.05) is 6.08 Å². The molecule has 0 saturated carbocycles. The van der Waals surface area contributed by atoms with Crippen LogP contribution in [-0.4, -0.2) is 4.92 Å². The molecule has 60 valence electrons. The largest absolute Gasteiger partial charge is 0.282 e. The zero-order valence-corrected chi connectivity index (χ0v) is 7.04. The second-order valence-corrected chi connectivity index (χ2v) is 2.20. The summed E-state index contributed by atoms with van der Waals surface area (Å²) in [6.07, 6.45) is 4.22. The molecular formula is C7H9NO2S. The molecule has 0 bridgehead atoms. The molecule has 0 radical (unpaired) electrons. The van der Waals surface area contributed by atoms with Crippen LogP contribution in [0.5, 0.6) is 0 Å². The van der Waals surface area contributed by atoms with Crippen LogP contribution in [0.4, 0.5) is 0 Å². The topological polar surface area (TPSA) is 43.1 Å². The van der Waals surface area contributed by atoms with Gasteiger partial charge in [-0.3, -0.25) is 10.1 Å². The molecule has 0 aliphatic carbocycles. The van der Waals surface area contributed by atoms with Crippen LogP contribution < -0.4 is 0 Å². The van der Waals surface area contributed by atoms with E-state index >= 15 is 0 Å². The molecule has 0 aromatic heterocycles. The second-order valence-electron chi connectivity index (χ2n) is 1.72. The summed E-state index contributed by atoms with van der Waals surface area (Å²) in [4.78, 5) is 10.1. The maximum absolute atomic E-state index is 10.3. The summed E-state index contributed by atoms with van der Waals surface area (Å²) in [5, 5.41) is 10.3. The van der Waals surface area contributed by atoms with Crippen molar-refractivity contribution in [3.8, 4) is 0 Å². The normalized spacial score (nSPS) is 12.9. The lowest BCUT2D eigenvalue weighted by molar-refractivity contribution is -0.419. The first-order chi connectivity index (χ1) is 5.13. The predicted molar refractivity (Wildman–Crippen MR) is 48.0 cm³/mol. The minimum absolute atomic E-state index is 0.0363. The molecule has 0 N–H and O–H groups in total. The Hall–Kier alpha value is -1.03. The molecule has 3 nitrogen and oxygen atoms in total. The Balaban J connectivity index is 4.76. The number of allylic oxidation sites excluding steroid dienone is 3. The van der Waals surface area contributed by atoms with Crippen LogP contribution in [0, 0.1) is 10.1 Å². The molecule has 0 aliphatic heterocycles. The lowest BCUT2D eigenvalue weighted by atomic mass is 10.3. The summed E-state index contributed by atoms with van der Waals surface area (Å²) < 4.78 is 0. The van der Waals surface area contributed by atoms with Crippen LogP contribution in [0.15, 0.2) is 35.4 Å². The Labute approximate surface area is 70.7 Å². The van der Waals surface area contributed by atoms with Crippen LogP contribution >= 0.6 is 12.6 Å². The molecule has 0 unspecified atom stereocenters. The fraction of sp³-hybridized carbons (Fsp3) is 0.143. The highest BCUT2D eigenvalue weighted by atomic mass is 32.1. The summed E-state index contributed by atoms with van der Waals surface area (Å²) in [7, 11) is 0. The van der Waals surface area contributed by atoms with Gasteiger partial charge in [0.25, 0.3) is 5.70 Å². The Kier molecular flexibility index (Phi) is 4.29. The van der Waals surface area contributed by atoms with Crippen molar-refractivity contribution in [1.82, 2.24) is 0 Å². The predicted octanol–water partition coefficient (Wildman–Crippen LogP) is 2.17. The highest BCUT2D eigenvalue weighted by Crippen LogP contribution is 2.13. The molecule has 0 aliphatic rings. The second kappa shape index (κ2) is 4.73. The molecule has 0 aromatic rings. The van der Waals surface area contributed by atoms with Gasteiger partial charge in [-0.15, -0.1) is 12.6 Å². The zero-order chi connectivity index (χ0) is 8.85. The average molecular weight is 171 g/mol. The first kappa shape index (κ1) is 9.97. The van der Waals surface area contributed by atoms with E-state index in [0.717, 1.165) is 0 Å². The van der Waals surface area contributed by atoms with Crippen LogP contribution in [0.1, 0.15) is 6.92 Å². The van der Waals surface area contributed by atoms with E-state index in [4.69, 9.17) is 0 Å². The number of nitrogens with zero attached hydrogens (tertiary/aromatic N) is 1. The standard InChI is InChI=1S/C7H9NO2S/c1-3-5-6(8(9)10)7(11)4-2/h3-5,11H,1H2,2H3/b6-5+,7-4+. The van der Waals surface area contributed by atoms with E-state index in [2.05, 4.69) is 19.2 Å². The van der Waals surface area contributed by atoms with Gasteiger partial charge < -0.3 is 0 Å². The van der Waals surface area contributed by atoms with Gasteiger partial charge in [0.05, 0.1) is 9.83 Å². The number of thiol groups is 1. The van der Waals surface area contributed by atoms with E-state index in [1.54, 1.807) is 13.0 Å². The Morgan fingerprint density at radius 3 is 2.55 bits per heavy atom. The molecule has 0 saturated heterocycles. The molecule has 0 spiro atoms. The first-order valence-electron chi connectivity index (χ1n) is 2.96. The maximum Gasteiger partial charge on any atom is 0.282 e. The highest BCUT2D eigenvalue weighted by molar-refractivity contribution is 7.84. The Morgan fingerprint density at radius 1 is 1.73 bits per heavy atom. The van der Waals surface area contributed by atoms with Crippen LogP contribution in [0.25, 0.3) is 0 Å². The first-order valence-corrected chi connectivity index (χ1v) is 3.41. The highest BCUT2D eigenvalue weighted by Gasteiger charge is 2.10. The Morgan fingerprint density at radius 2 is 2.27 bits per heavy atom. The average Bonchev–Trinajstić information content (AvgIpc) is 1.98. The minimum atomic E-state index is -0.496. The van der Waals surface area contributed by atoms with E-state index in [9.17, 15) is 10.1 Å². The third-order valence-corrected chi connectivity index (χ3v) is 1.50. The van der Waals surface area contributed by atoms with Crippen molar-refractivity contribution in [1.29, 1.82) is 0 Å². The monoisotopic (exact) mass is 171 g/mol. The third kappa shape index (κ3) is 3.04. The number of nitro groups is 1. The molecule has 0 rings (SSSR count). The van der Waals surface area contributed by atoms with Crippen molar-refractivity contribution in [2.45, 2.75) is 6.92 Å². The van der Waals surface area contributed by atoms with Gasteiger partial charge in [-0.1, -0.05) is 18.7 Å². The van der Waals surface area contributed by atoms with E-state index in [0.29, 0.717) is 4.91 Å². The summed E-state index contributed by atoms with van der Waals surface area (Å²) in [5.74, 6) is 0. The lowest BCUT2D eigenvalue weighted by Crippen LogP contribution is -1.97. The number of hydrogen-bond donors (Lipinski definition) is 1. The zero-order valence-electron chi connectivity index (χ0n) is 6.15. The third-order valence-electron chi connectivity index (χ3n) is 1.01. The molecule has 0 heterocycles. The smallest absolute Gasteiger partial charge is 0.258 e. The maximum atomic E-state index is 10.3. The lowest BCUT2D eigenvalue weighted by Gasteiger charge is -1.93. The molecule has 4 heteroatoms. The van der Waals surface area contributed by atoms with Crippen LogP contribution in [-0.2, 0) is 0 Å². The SMILES string of the molecule is C=C/C=C(\C(S)=C/C)[N+](=O)[O-]. The van der Waals surface area contributed by atoms with Crippen molar-refractivity contribution in [3.63, 3.8) is 0 Å². The van der Waals surface area contributed by atoms with Crippen molar-refractivity contribution >= 4 is 12.6 Å².